The van der Waals surface area contributed by atoms with Crippen molar-refractivity contribution in [3.63, 3.8) is 0 Å². The van der Waals surface area contributed by atoms with Crippen molar-refractivity contribution < 1.29 is 35.4 Å². The molecule has 2 aromatic carbocycles. The fraction of sp³-hybridized carbons (Fsp3) is 0.300. The molecular weight excluding hydrogens is 352 g/mol. The van der Waals surface area contributed by atoms with E-state index < -0.39 is 42.9 Å². The highest BCUT2D eigenvalue weighted by molar-refractivity contribution is 5.90. The van der Waals surface area contributed by atoms with E-state index in [1.54, 1.807) is 48.5 Å². The molecule has 2 N–H and O–H groups in total. The van der Waals surface area contributed by atoms with Crippen LogP contribution >= 0.6 is 0 Å². The lowest BCUT2D eigenvalue weighted by Gasteiger charge is -2.27. The van der Waals surface area contributed by atoms with Crippen molar-refractivity contribution in [2.75, 3.05) is 6.61 Å². The number of aliphatic hydroxyl groups excluding tert-OH is 1. The fourth-order valence-corrected chi connectivity index (χ4v) is 2.69. The van der Waals surface area contributed by atoms with Crippen LogP contribution in [-0.4, -0.2) is 52.9 Å². The molecule has 1 unspecified atom stereocenters. The summed E-state index contributed by atoms with van der Waals surface area (Å²) in [5.74, 6) is -1.39. The predicted octanol–water partition coefficient (Wildman–Crippen LogP) is 1.54. The number of hydrogen-bond acceptors (Lipinski definition) is 7. The Morgan fingerprint density at radius 1 is 1.07 bits per heavy atom. The largest absolute Gasteiger partial charge is 0.459 e. The first-order valence-corrected chi connectivity index (χ1v) is 8.29. The number of carbonyl (C=O) groups excluding carboxylic acids is 2. The maximum absolute atomic E-state index is 12.4. The number of aliphatic hydroxyl groups is 2. The molecule has 1 aliphatic rings. The topological polar surface area (TPSA) is 102 Å². The van der Waals surface area contributed by atoms with E-state index in [4.69, 9.17) is 15.6 Å². The summed E-state index contributed by atoms with van der Waals surface area (Å²) < 4.78 is 23.3. The molecule has 27 heavy (non-hydrogen) atoms. The minimum atomic E-state index is -2.14. The second-order valence-corrected chi connectivity index (χ2v) is 6.17. The maximum Gasteiger partial charge on any atom is 0.338 e. The van der Waals surface area contributed by atoms with Gasteiger partial charge in [-0.05, 0) is 31.2 Å². The lowest BCUT2D eigenvalue weighted by Crippen LogP contribution is -2.48. The molecule has 7 heteroatoms. The highest BCUT2D eigenvalue weighted by Crippen LogP contribution is 2.33. The van der Waals surface area contributed by atoms with Gasteiger partial charge in [0.1, 0.15) is 12.7 Å². The summed E-state index contributed by atoms with van der Waals surface area (Å²) in [6.45, 7) is -1.05. The molecule has 0 saturated carbocycles. The third-order valence-corrected chi connectivity index (χ3v) is 4.19. The van der Waals surface area contributed by atoms with Crippen molar-refractivity contribution in [2.24, 2.45) is 0 Å². The van der Waals surface area contributed by atoms with Gasteiger partial charge in [-0.25, -0.2) is 9.59 Å². The number of rotatable bonds is 5. The Kier molecular flexibility index (Phi) is 5.15. The van der Waals surface area contributed by atoms with E-state index in [2.05, 4.69) is 0 Å². The molecule has 0 aromatic heterocycles. The molecule has 1 heterocycles. The lowest BCUT2D eigenvalue weighted by molar-refractivity contribution is -0.170. The maximum atomic E-state index is 12.4. The SMILES string of the molecule is [2H]C[C@]1(O)C(O)O[C@H](COC(=O)c2ccccc2)[C@H]1OC(=O)c1ccccc1. The average molecular weight is 373 g/mol. The van der Waals surface area contributed by atoms with E-state index >= 15 is 0 Å². The van der Waals surface area contributed by atoms with Gasteiger partial charge in [-0.1, -0.05) is 36.4 Å². The second-order valence-electron chi connectivity index (χ2n) is 6.17. The minimum Gasteiger partial charge on any atom is -0.459 e. The molecule has 0 amide bonds. The number of hydrogen-bond donors (Lipinski definition) is 2. The molecule has 0 radical (unpaired) electrons. The predicted molar refractivity (Wildman–Crippen MR) is 93.9 cm³/mol. The van der Waals surface area contributed by atoms with Crippen molar-refractivity contribution in [1.29, 1.82) is 0 Å². The van der Waals surface area contributed by atoms with Gasteiger partial charge < -0.3 is 24.4 Å². The smallest absolute Gasteiger partial charge is 0.338 e. The van der Waals surface area contributed by atoms with Crippen molar-refractivity contribution in [1.82, 2.24) is 0 Å². The van der Waals surface area contributed by atoms with E-state index in [9.17, 15) is 19.8 Å². The molecule has 4 atom stereocenters. The summed E-state index contributed by atoms with van der Waals surface area (Å²) >= 11 is 0. The third-order valence-electron chi connectivity index (χ3n) is 4.19. The van der Waals surface area contributed by atoms with Crippen LogP contribution in [0.4, 0.5) is 0 Å². The number of benzene rings is 2. The summed E-state index contributed by atoms with van der Waals surface area (Å²) in [7, 11) is 0. The molecule has 142 valence electrons. The second kappa shape index (κ2) is 7.87. The van der Waals surface area contributed by atoms with Gasteiger partial charge in [0.25, 0.3) is 0 Å². The van der Waals surface area contributed by atoms with Gasteiger partial charge in [0.05, 0.1) is 11.1 Å². The minimum absolute atomic E-state index is 0.233. The van der Waals surface area contributed by atoms with Crippen molar-refractivity contribution in [2.45, 2.75) is 31.0 Å². The van der Waals surface area contributed by atoms with E-state index in [0.717, 1.165) is 0 Å². The Morgan fingerprint density at radius 3 is 2.19 bits per heavy atom. The number of esters is 2. The van der Waals surface area contributed by atoms with Crippen LogP contribution in [0.5, 0.6) is 0 Å². The van der Waals surface area contributed by atoms with Crippen LogP contribution in [0.1, 0.15) is 29.0 Å². The molecule has 3 rings (SSSR count). The van der Waals surface area contributed by atoms with Gasteiger partial charge in [0, 0.05) is 1.37 Å². The quantitative estimate of drug-likeness (QED) is 0.767. The fourth-order valence-electron chi connectivity index (χ4n) is 2.69. The summed E-state index contributed by atoms with van der Waals surface area (Å²) in [5.41, 5.74) is -1.60. The van der Waals surface area contributed by atoms with Crippen LogP contribution in [-0.2, 0) is 14.2 Å². The van der Waals surface area contributed by atoms with Crippen LogP contribution in [0.3, 0.4) is 0 Å². The molecule has 1 aliphatic heterocycles. The monoisotopic (exact) mass is 373 g/mol. The Morgan fingerprint density at radius 2 is 1.63 bits per heavy atom. The zero-order chi connectivity index (χ0) is 20.1. The molecular formula is C20H20O7. The molecule has 1 fully saturated rings. The summed E-state index contributed by atoms with van der Waals surface area (Å²) in [6.07, 6.45) is -4.29. The highest BCUT2D eigenvalue weighted by Gasteiger charge is 2.55. The molecule has 2 aromatic rings. The van der Waals surface area contributed by atoms with Crippen LogP contribution < -0.4 is 0 Å². The Bertz CT molecular complexity index is 814. The number of ether oxygens (including phenoxy) is 3. The summed E-state index contributed by atoms with van der Waals surface area (Å²) in [5, 5.41) is 20.6. The van der Waals surface area contributed by atoms with Gasteiger partial charge in [-0.15, -0.1) is 0 Å². The van der Waals surface area contributed by atoms with E-state index in [1.807, 2.05) is 0 Å². The van der Waals surface area contributed by atoms with Crippen molar-refractivity contribution >= 4 is 11.9 Å². The molecule has 0 spiro atoms. The summed E-state index contributed by atoms with van der Waals surface area (Å²) in [6, 6.07) is 16.3. The van der Waals surface area contributed by atoms with Crippen LogP contribution in [0.15, 0.2) is 60.7 Å². The van der Waals surface area contributed by atoms with E-state index in [-0.39, 0.29) is 12.2 Å². The lowest BCUT2D eigenvalue weighted by atomic mass is 9.97. The van der Waals surface area contributed by atoms with Crippen LogP contribution in [0.25, 0.3) is 0 Å². The standard InChI is InChI=1S/C20H20O7/c1-20(24)16(27-18(22)14-10-6-3-7-11-14)15(26-19(20)23)12-25-17(21)13-8-4-2-5-9-13/h2-11,15-16,19,23-24H,12H2,1H3/t15-,16-,19?,20-/m1/s1/i1D. The first-order valence-electron chi connectivity index (χ1n) is 9.00. The van der Waals surface area contributed by atoms with Gasteiger partial charge in [0.2, 0.25) is 0 Å². The van der Waals surface area contributed by atoms with E-state index in [1.165, 1.54) is 12.1 Å². The zero-order valence-corrected chi connectivity index (χ0v) is 14.4. The van der Waals surface area contributed by atoms with Gasteiger partial charge in [0.15, 0.2) is 18.0 Å². The van der Waals surface area contributed by atoms with Gasteiger partial charge in [-0.3, -0.25) is 0 Å². The van der Waals surface area contributed by atoms with E-state index in [0.29, 0.717) is 5.56 Å². The van der Waals surface area contributed by atoms with Crippen LogP contribution in [0, 0.1) is 0 Å². The Labute approximate surface area is 157 Å². The number of carbonyl (C=O) groups is 2. The first-order chi connectivity index (χ1) is 13.5. The van der Waals surface area contributed by atoms with Crippen molar-refractivity contribution in [3.05, 3.63) is 71.8 Å². The normalized spacial score (nSPS) is 27.6. The van der Waals surface area contributed by atoms with Gasteiger partial charge >= 0.3 is 11.9 Å². The zero-order valence-electron chi connectivity index (χ0n) is 15.4. The Hall–Kier alpha value is -2.74. The average Bonchev–Trinajstić information content (AvgIpc) is 2.98. The molecule has 0 bridgehead atoms. The highest BCUT2D eigenvalue weighted by atomic mass is 16.7. The van der Waals surface area contributed by atoms with Gasteiger partial charge in [-0.2, -0.15) is 0 Å². The van der Waals surface area contributed by atoms with Crippen LogP contribution in [0.2, 0.25) is 0 Å². The summed E-state index contributed by atoms with van der Waals surface area (Å²) in [4.78, 5) is 24.5. The molecule has 0 aliphatic carbocycles. The first kappa shape index (κ1) is 17.7. The molecule has 1 saturated heterocycles. The van der Waals surface area contributed by atoms with Crippen molar-refractivity contribution in [3.8, 4) is 0 Å². The third kappa shape index (κ3) is 4.16. The molecule has 7 nitrogen and oxygen atoms in total. The Balaban J connectivity index is 1.73.